The quantitative estimate of drug-likeness (QED) is 0.791. The molecule has 1 aromatic rings. The first-order valence-electron chi connectivity index (χ1n) is 5.09. The number of aryl methyl sites for hydroxylation is 1. The highest BCUT2D eigenvalue weighted by Gasteiger charge is 1.98. The molecule has 0 aliphatic heterocycles. The Labute approximate surface area is 91.5 Å². The van der Waals surface area contributed by atoms with Crippen LogP contribution in [-0.2, 0) is 0 Å². The third-order valence-corrected chi connectivity index (χ3v) is 2.46. The van der Waals surface area contributed by atoms with Crippen LogP contribution in [0.25, 0.3) is 0 Å². The fourth-order valence-corrected chi connectivity index (χ4v) is 1.55. The van der Waals surface area contributed by atoms with E-state index in [1.165, 1.54) is 17.7 Å². The molecule has 0 aliphatic rings. The Hall–Kier alpha value is -0.690. The zero-order chi connectivity index (χ0) is 10.6. The molecule has 0 fully saturated rings. The van der Waals surface area contributed by atoms with Gasteiger partial charge in [-0.1, -0.05) is 25.4 Å². The summed E-state index contributed by atoms with van der Waals surface area (Å²) in [6, 6.07) is 5.95. The van der Waals surface area contributed by atoms with Gasteiger partial charge in [-0.2, -0.15) is 0 Å². The van der Waals surface area contributed by atoms with Crippen LogP contribution < -0.4 is 5.32 Å². The van der Waals surface area contributed by atoms with E-state index in [2.05, 4.69) is 26.1 Å². The highest BCUT2D eigenvalue weighted by Crippen LogP contribution is 2.19. The average Bonchev–Trinajstić information content (AvgIpc) is 2.08. The van der Waals surface area contributed by atoms with Crippen molar-refractivity contribution in [2.75, 3.05) is 11.9 Å². The molecule has 0 saturated heterocycles. The molecule has 1 nitrogen and oxygen atoms in total. The SMILES string of the molecule is Cc1cc(Cl)ccc1NCCC(C)C. The summed E-state index contributed by atoms with van der Waals surface area (Å²) in [6.07, 6.45) is 1.20. The van der Waals surface area contributed by atoms with E-state index in [4.69, 9.17) is 11.6 Å². The third kappa shape index (κ3) is 3.59. The minimum atomic E-state index is 0.745. The number of benzene rings is 1. The predicted octanol–water partition coefficient (Wildman–Crippen LogP) is 4.11. The molecule has 0 saturated carbocycles. The lowest BCUT2D eigenvalue weighted by Crippen LogP contribution is -2.05. The van der Waals surface area contributed by atoms with E-state index < -0.39 is 0 Å². The van der Waals surface area contributed by atoms with Gasteiger partial charge >= 0.3 is 0 Å². The molecule has 0 radical (unpaired) electrons. The second-order valence-corrected chi connectivity index (χ2v) is 4.50. The van der Waals surface area contributed by atoms with E-state index in [-0.39, 0.29) is 0 Å². The second-order valence-electron chi connectivity index (χ2n) is 4.07. The van der Waals surface area contributed by atoms with E-state index in [0.717, 1.165) is 17.5 Å². The molecule has 0 aliphatic carbocycles. The maximum Gasteiger partial charge on any atom is 0.0410 e. The maximum atomic E-state index is 5.87. The van der Waals surface area contributed by atoms with Gasteiger partial charge in [0.2, 0.25) is 0 Å². The van der Waals surface area contributed by atoms with Gasteiger partial charge in [0.1, 0.15) is 0 Å². The summed E-state index contributed by atoms with van der Waals surface area (Å²) in [4.78, 5) is 0. The summed E-state index contributed by atoms with van der Waals surface area (Å²) < 4.78 is 0. The zero-order valence-electron chi connectivity index (χ0n) is 9.10. The molecule has 1 rings (SSSR count). The molecule has 0 bridgehead atoms. The third-order valence-electron chi connectivity index (χ3n) is 2.23. The van der Waals surface area contributed by atoms with Gasteiger partial charge in [-0.15, -0.1) is 0 Å². The van der Waals surface area contributed by atoms with Crippen LogP contribution in [0.4, 0.5) is 5.69 Å². The molecular weight excluding hydrogens is 194 g/mol. The zero-order valence-corrected chi connectivity index (χ0v) is 9.86. The van der Waals surface area contributed by atoms with E-state index in [9.17, 15) is 0 Å². The molecule has 14 heavy (non-hydrogen) atoms. The molecule has 1 aromatic carbocycles. The van der Waals surface area contributed by atoms with Crippen molar-refractivity contribution >= 4 is 17.3 Å². The lowest BCUT2D eigenvalue weighted by Gasteiger charge is -2.10. The number of halogens is 1. The number of rotatable bonds is 4. The Morgan fingerprint density at radius 3 is 2.64 bits per heavy atom. The Bertz CT molecular complexity index is 294. The second kappa shape index (κ2) is 5.26. The normalized spacial score (nSPS) is 10.6. The first-order chi connectivity index (χ1) is 6.59. The lowest BCUT2D eigenvalue weighted by molar-refractivity contribution is 0.607. The van der Waals surface area contributed by atoms with Gasteiger partial charge in [-0.25, -0.2) is 0 Å². The van der Waals surface area contributed by atoms with Crippen molar-refractivity contribution in [2.24, 2.45) is 5.92 Å². The molecular formula is C12H18ClN. The van der Waals surface area contributed by atoms with Crippen molar-refractivity contribution < 1.29 is 0 Å². The van der Waals surface area contributed by atoms with Crippen molar-refractivity contribution in [1.82, 2.24) is 0 Å². The first-order valence-corrected chi connectivity index (χ1v) is 5.47. The number of nitrogens with one attached hydrogen (secondary N) is 1. The first kappa shape index (κ1) is 11.4. The van der Waals surface area contributed by atoms with Crippen molar-refractivity contribution in [1.29, 1.82) is 0 Å². The van der Waals surface area contributed by atoms with E-state index in [1.54, 1.807) is 0 Å². The van der Waals surface area contributed by atoms with Crippen LogP contribution in [0.5, 0.6) is 0 Å². The van der Waals surface area contributed by atoms with Crippen LogP contribution >= 0.6 is 11.6 Å². The van der Waals surface area contributed by atoms with E-state index >= 15 is 0 Å². The highest BCUT2D eigenvalue weighted by atomic mass is 35.5. The molecule has 0 amide bonds. The average molecular weight is 212 g/mol. The van der Waals surface area contributed by atoms with Crippen molar-refractivity contribution in [3.63, 3.8) is 0 Å². The van der Waals surface area contributed by atoms with E-state index in [0.29, 0.717) is 0 Å². The summed E-state index contributed by atoms with van der Waals surface area (Å²) >= 11 is 5.87. The fourth-order valence-electron chi connectivity index (χ4n) is 1.32. The molecule has 0 spiro atoms. The van der Waals surface area contributed by atoms with Gasteiger partial charge in [0.05, 0.1) is 0 Å². The highest BCUT2D eigenvalue weighted by molar-refractivity contribution is 6.30. The van der Waals surface area contributed by atoms with Crippen LogP contribution in [-0.4, -0.2) is 6.54 Å². The van der Waals surface area contributed by atoms with Gasteiger partial charge in [0.25, 0.3) is 0 Å². The Morgan fingerprint density at radius 2 is 2.07 bits per heavy atom. The smallest absolute Gasteiger partial charge is 0.0410 e. The molecule has 0 atom stereocenters. The summed E-state index contributed by atoms with van der Waals surface area (Å²) in [5, 5.41) is 4.22. The minimum absolute atomic E-state index is 0.745. The van der Waals surface area contributed by atoms with Crippen LogP contribution in [0.15, 0.2) is 18.2 Å². The summed E-state index contributed by atoms with van der Waals surface area (Å²) in [7, 11) is 0. The minimum Gasteiger partial charge on any atom is -0.385 e. The number of hydrogen-bond acceptors (Lipinski definition) is 1. The fraction of sp³-hybridized carbons (Fsp3) is 0.500. The summed E-state index contributed by atoms with van der Waals surface area (Å²) in [5.41, 5.74) is 2.40. The van der Waals surface area contributed by atoms with E-state index in [1.807, 2.05) is 18.2 Å². The summed E-state index contributed by atoms with van der Waals surface area (Å²) in [5.74, 6) is 0.745. The van der Waals surface area contributed by atoms with Gasteiger partial charge in [0, 0.05) is 17.3 Å². The number of anilines is 1. The van der Waals surface area contributed by atoms with Gasteiger partial charge in [0.15, 0.2) is 0 Å². The molecule has 2 heteroatoms. The lowest BCUT2D eigenvalue weighted by atomic mass is 10.1. The van der Waals surface area contributed by atoms with Crippen LogP contribution in [0.3, 0.4) is 0 Å². The largest absolute Gasteiger partial charge is 0.385 e. The van der Waals surface area contributed by atoms with Crippen LogP contribution in [0.1, 0.15) is 25.8 Å². The van der Waals surface area contributed by atoms with Gasteiger partial charge < -0.3 is 5.32 Å². The number of hydrogen-bond donors (Lipinski definition) is 1. The van der Waals surface area contributed by atoms with Crippen LogP contribution in [0.2, 0.25) is 5.02 Å². The maximum absolute atomic E-state index is 5.87. The monoisotopic (exact) mass is 211 g/mol. The van der Waals surface area contributed by atoms with Crippen molar-refractivity contribution in [3.8, 4) is 0 Å². The van der Waals surface area contributed by atoms with Crippen molar-refractivity contribution in [3.05, 3.63) is 28.8 Å². The van der Waals surface area contributed by atoms with Crippen LogP contribution in [0, 0.1) is 12.8 Å². The Morgan fingerprint density at radius 1 is 1.36 bits per heavy atom. The summed E-state index contributed by atoms with van der Waals surface area (Å²) in [6.45, 7) is 7.57. The predicted molar refractivity (Wildman–Crippen MR) is 64.1 cm³/mol. The molecule has 1 N–H and O–H groups in total. The molecule has 0 unspecified atom stereocenters. The van der Waals surface area contributed by atoms with Gasteiger partial charge in [-0.3, -0.25) is 0 Å². The Kier molecular flexibility index (Phi) is 4.27. The topological polar surface area (TPSA) is 12.0 Å². The van der Waals surface area contributed by atoms with Gasteiger partial charge in [-0.05, 0) is 43.0 Å². The molecule has 0 heterocycles. The standard InChI is InChI=1S/C12H18ClN/c1-9(2)6-7-14-12-5-4-11(13)8-10(12)3/h4-5,8-9,14H,6-7H2,1-3H3. The Balaban J connectivity index is 2.51. The van der Waals surface area contributed by atoms with Crippen molar-refractivity contribution in [2.45, 2.75) is 27.2 Å². The molecule has 0 aromatic heterocycles. The molecule has 78 valence electrons.